The highest BCUT2D eigenvalue weighted by molar-refractivity contribution is 9.10. The molecule has 0 spiro atoms. The van der Waals surface area contributed by atoms with E-state index in [0.717, 1.165) is 47.4 Å². The number of aromatic nitrogens is 1. The maximum Gasteiger partial charge on any atom is 0.340 e. The van der Waals surface area contributed by atoms with Gasteiger partial charge in [0.05, 0.1) is 42.5 Å². The van der Waals surface area contributed by atoms with Crippen LogP contribution in [-0.2, 0) is 23.1 Å². The van der Waals surface area contributed by atoms with Crippen LogP contribution in [0.4, 0.5) is 0 Å². The third-order valence-electron chi connectivity index (χ3n) is 4.55. The Hall–Kier alpha value is -1.57. The Morgan fingerprint density at radius 2 is 2.04 bits per heavy atom. The predicted molar refractivity (Wildman–Crippen MR) is 99.2 cm³/mol. The van der Waals surface area contributed by atoms with Crippen molar-refractivity contribution in [2.75, 3.05) is 40.0 Å². The summed E-state index contributed by atoms with van der Waals surface area (Å²) in [6, 6.07) is 3.88. The average molecular weight is 411 g/mol. The van der Waals surface area contributed by atoms with Crippen molar-refractivity contribution in [2.45, 2.75) is 13.5 Å². The Morgan fingerprint density at radius 3 is 2.68 bits per heavy atom. The minimum absolute atomic E-state index is 0.291. The number of carbonyl (C=O) groups excluding carboxylic acids is 1. The first kappa shape index (κ1) is 18.2. The third kappa shape index (κ3) is 3.54. The largest absolute Gasteiger partial charge is 0.496 e. The smallest absolute Gasteiger partial charge is 0.340 e. The zero-order chi connectivity index (χ0) is 18.0. The summed E-state index contributed by atoms with van der Waals surface area (Å²) in [5.41, 5.74) is 2.55. The fourth-order valence-electron chi connectivity index (χ4n) is 3.23. The van der Waals surface area contributed by atoms with Gasteiger partial charge in [0.1, 0.15) is 5.75 Å². The molecule has 1 aromatic heterocycles. The molecule has 6 nitrogen and oxygen atoms in total. The van der Waals surface area contributed by atoms with Gasteiger partial charge in [-0.05, 0) is 35.0 Å². The van der Waals surface area contributed by atoms with Crippen molar-refractivity contribution in [2.24, 2.45) is 7.05 Å². The van der Waals surface area contributed by atoms with Gasteiger partial charge in [-0.1, -0.05) is 0 Å². The lowest BCUT2D eigenvalue weighted by Gasteiger charge is -2.27. The van der Waals surface area contributed by atoms with E-state index in [0.29, 0.717) is 24.5 Å². The van der Waals surface area contributed by atoms with Crippen molar-refractivity contribution in [1.29, 1.82) is 0 Å². The molecule has 0 radical (unpaired) electrons. The Morgan fingerprint density at radius 1 is 1.32 bits per heavy atom. The van der Waals surface area contributed by atoms with Crippen molar-refractivity contribution < 1.29 is 19.0 Å². The number of fused-ring (bicyclic) bond motifs is 1. The summed E-state index contributed by atoms with van der Waals surface area (Å²) in [7, 11) is 3.60. The molecule has 0 atom stereocenters. The number of benzene rings is 1. The molecule has 0 amide bonds. The summed E-state index contributed by atoms with van der Waals surface area (Å²) < 4.78 is 19.1. The summed E-state index contributed by atoms with van der Waals surface area (Å²) >= 11 is 3.53. The topological polar surface area (TPSA) is 52.9 Å². The van der Waals surface area contributed by atoms with Crippen LogP contribution in [0.3, 0.4) is 0 Å². The number of rotatable bonds is 5. The van der Waals surface area contributed by atoms with E-state index >= 15 is 0 Å². The van der Waals surface area contributed by atoms with Crippen LogP contribution in [0.2, 0.25) is 0 Å². The van der Waals surface area contributed by atoms with Crippen molar-refractivity contribution in [3.63, 3.8) is 0 Å². The molecular formula is C18H23BrN2O4. The second kappa shape index (κ2) is 7.76. The Bertz CT molecular complexity index is 781. The Balaban J connectivity index is 2.13. The third-order valence-corrected chi connectivity index (χ3v) is 5.17. The van der Waals surface area contributed by atoms with Gasteiger partial charge in [-0.25, -0.2) is 4.79 Å². The maximum absolute atomic E-state index is 12.7. The van der Waals surface area contributed by atoms with Gasteiger partial charge in [0.15, 0.2) is 0 Å². The van der Waals surface area contributed by atoms with E-state index in [2.05, 4.69) is 25.4 Å². The molecule has 1 fully saturated rings. The number of hydrogen-bond acceptors (Lipinski definition) is 5. The lowest BCUT2D eigenvalue weighted by atomic mass is 10.1. The highest BCUT2D eigenvalue weighted by Gasteiger charge is 2.25. The van der Waals surface area contributed by atoms with Gasteiger partial charge >= 0.3 is 5.97 Å². The van der Waals surface area contributed by atoms with Crippen LogP contribution in [0.1, 0.15) is 23.0 Å². The first-order valence-electron chi connectivity index (χ1n) is 8.38. The Labute approximate surface area is 155 Å². The number of ether oxygens (including phenoxy) is 3. The van der Waals surface area contributed by atoms with Crippen LogP contribution in [0.15, 0.2) is 16.6 Å². The molecule has 7 heteroatoms. The molecule has 1 saturated heterocycles. The number of aryl methyl sites for hydroxylation is 1. The zero-order valence-electron chi connectivity index (χ0n) is 14.8. The van der Waals surface area contributed by atoms with Crippen LogP contribution in [0.5, 0.6) is 5.75 Å². The summed E-state index contributed by atoms with van der Waals surface area (Å²) in [6.45, 7) is 6.01. The highest BCUT2D eigenvalue weighted by Crippen LogP contribution is 2.35. The zero-order valence-corrected chi connectivity index (χ0v) is 16.4. The first-order valence-corrected chi connectivity index (χ1v) is 9.18. The number of morpholine rings is 1. The monoisotopic (exact) mass is 410 g/mol. The molecule has 2 aromatic rings. The summed E-state index contributed by atoms with van der Waals surface area (Å²) in [6.07, 6.45) is 0. The molecule has 3 rings (SSSR count). The summed E-state index contributed by atoms with van der Waals surface area (Å²) in [5, 5.41) is 0.851. The average Bonchev–Trinajstić information content (AvgIpc) is 2.87. The second-order valence-electron chi connectivity index (χ2n) is 5.99. The van der Waals surface area contributed by atoms with Gasteiger partial charge in [0.2, 0.25) is 0 Å². The molecule has 0 unspecified atom stereocenters. The Kier molecular flexibility index (Phi) is 5.66. The van der Waals surface area contributed by atoms with E-state index in [4.69, 9.17) is 14.2 Å². The van der Waals surface area contributed by atoms with Crippen LogP contribution < -0.4 is 4.74 Å². The molecule has 0 saturated carbocycles. The van der Waals surface area contributed by atoms with Crippen molar-refractivity contribution >= 4 is 32.8 Å². The summed E-state index contributed by atoms with van der Waals surface area (Å²) in [5.74, 6) is 0.405. The van der Waals surface area contributed by atoms with E-state index in [1.54, 1.807) is 7.11 Å². The number of esters is 1. The lowest BCUT2D eigenvalue weighted by Crippen LogP contribution is -2.36. The van der Waals surface area contributed by atoms with Gasteiger partial charge in [-0.15, -0.1) is 0 Å². The fourth-order valence-corrected chi connectivity index (χ4v) is 3.73. The normalized spacial score (nSPS) is 15.5. The van der Waals surface area contributed by atoms with Crippen LogP contribution in [0.25, 0.3) is 10.9 Å². The van der Waals surface area contributed by atoms with Gasteiger partial charge in [-0.3, -0.25) is 4.90 Å². The summed E-state index contributed by atoms with van der Waals surface area (Å²) in [4.78, 5) is 15.0. The first-order chi connectivity index (χ1) is 12.1. The van der Waals surface area contributed by atoms with Gasteiger partial charge < -0.3 is 18.8 Å². The van der Waals surface area contributed by atoms with E-state index in [-0.39, 0.29) is 5.97 Å². The van der Waals surface area contributed by atoms with Crippen LogP contribution in [-0.4, -0.2) is 55.5 Å². The van der Waals surface area contributed by atoms with E-state index < -0.39 is 0 Å². The van der Waals surface area contributed by atoms with Gasteiger partial charge in [-0.2, -0.15) is 0 Å². The minimum atomic E-state index is -0.291. The molecule has 25 heavy (non-hydrogen) atoms. The number of halogens is 1. The quantitative estimate of drug-likeness (QED) is 0.709. The molecule has 2 heterocycles. The molecule has 0 N–H and O–H groups in total. The molecule has 136 valence electrons. The highest BCUT2D eigenvalue weighted by atomic mass is 79.9. The second-order valence-corrected chi connectivity index (χ2v) is 6.85. The van der Waals surface area contributed by atoms with Crippen molar-refractivity contribution in [1.82, 2.24) is 9.47 Å². The van der Waals surface area contributed by atoms with Crippen LogP contribution in [0, 0.1) is 0 Å². The molecule has 1 aliphatic heterocycles. The lowest BCUT2D eigenvalue weighted by molar-refractivity contribution is 0.0328. The molecule has 0 bridgehead atoms. The number of nitrogens with zero attached hydrogens (tertiary/aromatic N) is 2. The number of carbonyl (C=O) groups is 1. The molecule has 1 aromatic carbocycles. The van der Waals surface area contributed by atoms with Gasteiger partial charge in [0.25, 0.3) is 0 Å². The molecule has 0 aliphatic carbocycles. The van der Waals surface area contributed by atoms with Crippen LogP contribution >= 0.6 is 15.9 Å². The van der Waals surface area contributed by atoms with E-state index in [1.165, 1.54) is 0 Å². The van der Waals surface area contributed by atoms with E-state index in [9.17, 15) is 4.79 Å². The maximum atomic E-state index is 12.7. The fraction of sp³-hybridized carbons (Fsp3) is 0.500. The SMILES string of the molecule is CCOC(=O)c1c(CN2CCOCC2)n(C)c2cc(Br)c(OC)cc12. The predicted octanol–water partition coefficient (Wildman–Crippen LogP) is 2.96. The van der Waals surface area contributed by atoms with Gasteiger partial charge in [0, 0.05) is 37.8 Å². The number of methoxy groups -OCH3 is 1. The number of hydrogen-bond donors (Lipinski definition) is 0. The molecule has 1 aliphatic rings. The minimum Gasteiger partial charge on any atom is -0.496 e. The van der Waals surface area contributed by atoms with E-state index in [1.807, 2.05) is 26.1 Å². The van der Waals surface area contributed by atoms with Crippen molar-refractivity contribution in [3.8, 4) is 5.75 Å². The standard InChI is InChI=1S/C18H23BrN2O4/c1-4-25-18(22)17-12-9-16(23-3)13(19)10-14(12)20(2)15(17)11-21-5-7-24-8-6-21/h9-10H,4-8,11H2,1-3H3. The molecular weight excluding hydrogens is 388 g/mol. The van der Waals surface area contributed by atoms with Crippen molar-refractivity contribution in [3.05, 3.63) is 27.9 Å².